The molecule has 4 aromatic heterocycles. The number of aromatic nitrogens is 5. The highest BCUT2D eigenvalue weighted by Crippen LogP contribution is 2.35. The molecule has 10 rings (SSSR count). The summed E-state index contributed by atoms with van der Waals surface area (Å²) in [5, 5.41) is 2.18. The van der Waals surface area contributed by atoms with Gasteiger partial charge in [-0.15, -0.1) is 0 Å². The highest BCUT2D eigenvalue weighted by molar-refractivity contribution is 6.09. The second-order valence-corrected chi connectivity index (χ2v) is 13.1. The molecule has 248 valence electrons. The van der Waals surface area contributed by atoms with Gasteiger partial charge in [0.15, 0.2) is 11.5 Å². The Bertz CT molecular complexity index is 2920. The number of nitrogens with zero attached hydrogens (tertiary/aromatic N) is 5. The minimum atomic E-state index is 0.684. The van der Waals surface area contributed by atoms with Crippen molar-refractivity contribution in [1.82, 2.24) is 24.3 Å². The monoisotopic (exact) mass is 677 g/mol. The molecule has 0 unspecified atom stereocenters. The van der Waals surface area contributed by atoms with Gasteiger partial charge in [0, 0.05) is 39.2 Å². The Morgan fingerprint density at radius 3 is 1.60 bits per heavy atom. The zero-order valence-electron chi connectivity index (χ0n) is 28.6. The zero-order valence-corrected chi connectivity index (χ0v) is 28.6. The minimum absolute atomic E-state index is 0.684. The number of hydrogen-bond acceptors (Lipinski definition) is 4. The molecule has 0 saturated heterocycles. The molecule has 53 heavy (non-hydrogen) atoms. The van der Waals surface area contributed by atoms with Crippen LogP contribution < -0.4 is 0 Å². The fourth-order valence-electron chi connectivity index (χ4n) is 7.16. The van der Waals surface area contributed by atoms with E-state index in [0.717, 1.165) is 78.0 Å². The summed E-state index contributed by atoms with van der Waals surface area (Å²) < 4.78 is 2.06. The largest absolute Gasteiger partial charge is 0.284 e. The van der Waals surface area contributed by atoms with Gasteiger partial charge in [-0.1, -0.05) is 158 Å². The second kappa shape index (κ2) is 12.8. The fourth-order valence-corrected chi connectivity index (χ4v) is 7.16. The summed E-state index contributed by atoms with van der Waals surface area (Å²) in [6, 6.07) is 63.0. The van der Waals surface area contributed by atoms with Crippen molar-refractivity contribution < 1.29 is 0 Å². The summed E-state index contributed by atoms with van der Waals surface area (Å²) in [6.07, 6.45) is 2.02. The molecule has 0 saturated carbocycles. The van der Waals surface area contributed by atoms with E-state index >= 15 is 0 Å². The summed E-state index contributed by atoms with van der Waals surface area (Å²) >= 11 is 0. The Morgan fingerprint density at radius 2 is 0.868 bits per heavy atom. The molecule has 0 amide bonds. The maximum atomic E-state index is 5.19. The van der Waals surface area contributed by atoms with Gasteiger partial charge in [0.05, 0.1) is 17.1 Å². The molecular formula is C48H31N5. The topological polar surface area (TPSA) is 56.0 Å². The van der Waals surface area contributed by atoms with E-state index in [2.05, 4.69) is 144 Å². The van der Waals surface area contributed by atoms with Gasteiger partial charge in [-0.25, -0.2) is 19.9 Å². The first-order valence-corrected chi connectivity index (χ1v) is 17.7. The molecule has 0 radical (unpaired) electrons. The first kappa shape index (κ1) is 30.6. The molecule has 4 heterocycles. The van der Waals surface area contributed by atoms with E-state index < -0.39 is 0 Å². The number of rotatable bonds is 6. The van der Waals surface area contributed by atoms with Crippen LogP contribution in [0.15, 0.2) is 188 Å². The third kappa shape index (κ3) is 5.61. The van der Waals surface area contributed by atoms with Gasteiger partial charge in [-0.3, -0.25) is 4.40 Å². The molecule has 6 aromatic carbocycles. The van der Waals surface area contributed by atoms with E-state index in [1.54, 1.807) is 0 Å². The molecule has 0 N–H and O–H groups in total. The van der Waals surface area contributed by atoms with Crippen molar-refractivity contribution in [3.63, 3.8) is 0 Å². The molecule has 0 fully saturated rings. The molecule has 0 aliphatic carbocycles. The Kier molecular flexibility index (Phi) is 7.40. The SMILES string of the molecule is c1ccc(-c2ccc(-c3cc(-c4ccccc4)nc(-c4cccc(-c5ccc(-c6nc7c(nc8ccccn87)c7ccccc67)cc5)c4)n3)cc2)cc1. The average molecular weight is 678 g/mol. The molecule has 0 aliphatic heterocycles. The standard InChI is InChI=1S/C48H31N5/c1-3-12-32(13-4-1)33-21-25-36(26-22-33)43-31-42(35-14-5-2-6-15-35)49-47(50-43)39-17-11-16-38(30-39)34-23-27-37(28-24-34)45-40-18-7-8-19-41(40)46-48(52-45)53-29-10-9-20-44(53)51-46/h1-31H. The van der Waals surface area contributed by atoms with Gasteiger partial charge in [0.1, 0.15) is 11.2 Å². The molecule has 10 aromatic rings. The third-order valence-electron chi connectivity index (χ3n) is 9.86. The number of imidazole rings is 1. The first-order chi connectivity index (χ1) is 26.2. The molecule has 0 aliphatic rings. The van der Waals surface area contributed by atoms with E-state index in [9.17, 15) is 0 Å². The lowest BCUT2D eigenvalue weighted by atomic mass is 9.98. The molecule has 0 bridgehead atoms. The molecule has 0 spiro atoms. The van der Waals surface area contributed by atoms with Gasteiger partial charge in [0.2, 0.25) is 0 Å². The highest BCUT2D eigenvalue weighted by atomic mass is 15.1. The minimum Gasteiger partial charge on any atom is -0.284 e. The van der Waals surface area contributed by atoms with E-state index in [4.69, 9.17) is 19.9 Å². The second-order valence-electron chi connectivity index (χ2n) is 13.1. The molecule has 5 nitrogen and oxygen atoms in total. The van der Waals surface area contributed by atoms with Crippen molar-refractivity contribution in [1.29, 1.82) is 0 Å². The first-order valence-electron chi connectivity index (χ1n) is 17.7. The predicted molar refractivity (Wildman–Crippen MR) is 216 cm³/mol. The van der Waals surface area contributed by atoms with Crippen molar-refractivity contribution in [2.75, 3.05) is 0 Å². The summed E-state index contributed by atoms with van der Waals surface area (Å²) in [6.45, 7) is 0. The quantitative estimate of drug-likeness (QED) is 0.176. The smallest absolute Gasteiger partial charge is 0.165 e. The van der Waals surface area contributed by atoms with E-state index in [1.165, 1.54) is 11.1 Å². The van der Waals surface area contributed by atoms with E-state index in [1.807, 2.05) is 48.7 Å². The summed E-state index contributed by atoms with van der Waals surface area (Å²) in [4.78, 5) is 20.3. The molecule has 0 atom stereocenters. The van der Waals surface area contributed by atoms with E-state index in [0.29, 0.717) is 5.82 Å². The summed E-state index contributed by atoms with van der Waals surface area (Å²) in [7, 11) is 0. The lowest BCUT2D eigenvalue weighted by molar-refractivity contribution is 1.18. The van der Waals surface area contributed by atoms with Crippen molar-refractivity contribution in [3.05, 3.63) is 188 Å². The van der Waals surface area contributed by atoms with Crippen molar-refractivity contribution >= 4 is 27.6 Å². The zero-order chi connectivity index (χ0) is 35.1. The molecule has 5 heteroatoms. The molecular weight excluding hydrogens is 647 g/mol. The highest BCUT2D eigenvalue weighted by Gasteiger charge is 2.16. The lowest BCUT2D eigenvalue weighted by Crippen LogP contribution is -1.96. The number of fused-ring (bicyclic) bond motifs is 5. The third-order valence-corrected chi connectivity index (χ3v) is 9.86. The summed E-state index contributed by atoms with van der Waals surface area (Å²) in [5.41, 5.74) is 14.0. The summed E-state index contributed by atoms with van der Waals surface area (Å²) in [5.74, 6) is 0.684. The van der Waals surface area contributed by atoms with Crippen LogP contribution in [0.5, 0.6) is 0 Å². The van der Waals surface area contributed by atoms with Gasteiger partial charge < -0.3 is 0 Å². The van der Waals surface area contributed by atoms with Crippen LogP contribution in [-0.4, -0.2) is 24.3 Å². The van der Waals surface area contributed by atoms with Gasteiger partial charge in [-0.05, 0) is 46.5 Å². The van der Waals surface area contributed by atoms with Crippen LogP contribution in [0.1, 0.15) is 0 Å². The normalized spacial score (nSPS) is 11.4. The predicted octanol–water partition coefficient (Wildman–Crippen LogP) is 11.8. The van der Waals surface area contributed by atoms with Crippen LogP contribution >= 0.6 is 0 Å². The Morgan fingerprint density at radius 1 is 0.340 bits per heavy atom. The maximum Gasteiger partial charge on any atom is 0.165 e. The number of benzene rings is 6. The fraction of sp³-hybridized carbons (Fsp3) is 0. The number of pyridine rings is 2. The lowest BCUT2D eigenvalue weighted by Gasteiger charge is -2.11. The number of hydrogen-bond donors (Lipinski definition) is 0. The Hall–Kier alpha value is -7.24. The van der Waals surface area contributed by atoms with Crippen LogP contribution in [0.3, 0.4) is 0 Å². The Labute approximate surface area is 306 Å². The van der Waals surface area contributed by atoms with Crippen molar-refractivity contribution in [2.45, 2.75) is 0 Å². The van der Waals surface area contributed by atoms with Crippen LogP contribution in [0.25, 0.3) is 95.0 Å². The van der Waals surface area contributed by atoms with Crippen molar-refractivity contribution in [2.24, 2.45) is 0 Å². The van der Waals surface area contributed by atoms with Crippen LogP contribution in [-0.2, 0) is 0 Å². The van der Waals surface area contributed by atoms with Gasteiger partial charge >= 0.3 is 0 Å². The van der Waals surface area contributed by atoms with Crippen LogP contribution in [0, 0.1) is 0 Å². The van der Waals surface area contributed by atoms with Crippen LogP contribution in [0.4, 0.5) is 0 Å². The average Bonchev–Trinajstić information content (AvgIpc) is 3.63. The van der Waals surface area contributed by atoms with Crippen LogP contribution in [0.2, 0.25) is 0 Å². The van der Waals surface area contributed by atoms with Gasteiger partial charge in [0.25, 0.3) is 0 Å². The Balaban J connectivity index is 1.03. The van der Waals surface area contributed by atoms with E-state index in [-0.39, 0.29) is 0 Å². The van der Waals surface area contributed by atoms with Gasteiger partial charge in [-0.2, -0.15) is 0 Å². The maximum absolute atomic E-state index is 5.19. The van der Waals surface area contributed by atoms with Crippen molar-refractivity contribution in [3.8, 4) is 67.4 Å².